The molecule has 188 valence electrons. The zero-order valence-electron chi connectivity index (χ0n) is 21.4. The molecule has 5 aromatic carbocycles. The van der Waals surface area contributed by atoms with E-state index in [9.17, 15) is 0 Å². The molecule has 0 radical (unpaired) electrons. The van der Waals surface area contributed by atoms with E-state index < -0.39 is 18.4 Å². The fourth-order valence-corrected chi connectivity index (χ4v) is 28.3. The molecule has 0 aliphatic carbocycles. The van der Waals surface area contributed by atoms with Gasteiger partial charge in [0.1, 0.15) is 0 Å². The normalized spacial score (nSPS) is 11.8. The third-order valence-corrected chi connectivity index (χ3v) is 27.3. The predicted molar refractivity (Wildman–Crippen MR) is 165 cm³/mol. The topological polar surface area (TPSA) is 9.23 Å². The van der Waals surface area contributed by atoms with Crippen molar-refractivity contribution in [2.45, 2.75) is 13.0 Å². The van der Waals surface area contributed by atoms with Gasteiger partial charge < -0.3 is 0 Å². The second-order valence-electron chi connectivity index (χ2n) is 9.16. The molecule has 5 aromatic rings. The summed E-state index contributed by atoms with van der Waals surface area (Å²) in [5.74, 6) is 0. The minimum absolute atomic E-state index is 0.193. The summed E-state index contributed by atoms with van der Waals surface area (Å²) >= 11 is -3.42. The molecule has 0 fully saturated rings. The number of hydrogen-bond donors (Lipinski definition) is 0. The van der Waals surface area contributed by atoms with Crippen LogP contribution in [0.2, 0.25) is 0 Å². The fraction of sp³-hybridized carbons (Fsp3) is 0.0857. The molecule has 0 aliphatic rings. The molecule has 3 heteroatoms. The van der Waals surface area contributed by atoms with Crippen LogP contribution in [0.1, 0.15) is 12.0 Å². The van der Waals surface area contributed by atoms with Crippen LogP contribution in [0.5, 0.6) is 0 Å². The molecule has 0 heterocycles. The van der Waals surface area contributed by atoms with Crippen LogP contribution in [0.15, 0.2) is 160 Å². The number of rotatable bonds is 11. The summed E-state index contributed by atoms with van der Waals surface area (Å²) in [5, 5.41) is 0. The van der Waals surface area contributed by atoms with E-state index in [1.165, 1.54) is 20.8 Å². The first kappa shape index (κ1) is 26.7. The number of benzene rings is 5. The van der Waals surface area contributed by atoms with Gasteiger partial charge in [-0.1, -0.05) is 0 Å². The van der Waals surface area contributed by atoms with Gasteiger partial charge in [0, 0.05) is 0 Å². The van der Waals surface area contributed by atoms with E-state index >= 15 is 0 Å². The summed E-state index contributed by atoms with van der Waals surface area (Å²) in [6.45, 7) is 1.36. The van der Waals surface area contributed by atoms with Gasteiger partial charge in [-0.05, 0) is 0 Å². The van der Waals surface area contributed by atoms with E-state index in [1.807, 2.05) is 6.07 Å². The van der Waals surface area contributed by atoms with Crippen molar-refractivity contribution in [3.05, 3.63) is 166 Å². The Morgan fingerprint density at radius 2 is 0.974 bits per heavy atom. The Morgan fingerprint density at radius 1 is 0.553 bits per heavy atom. The summed E-state index contributed by atoms with van der Waals surface area (Å²) in [6.07, 6.45) is 3.45. The third kappa shape index (κ3) is 6.39. The van der Waals surface area contributed by atoms with Crippen LogP contribution in [0.25, 0.3) is 0 Å². The SMILES string of the molecule is C(/CCOCc1ccccc1)=[C](\[Se]c1ccccc1)[Sn]([c]1ccccc1)([c]1ccccc1)[c]1ccccc1. The molecule has 38 heavy (non-hydrogen) atoms. The fourth-order valence-electron chi connectivity index (χ4n) is 4.92. The number of hydrogen-bond acceptors (Lipinski definition) is 1. The molecule has 0 atom stereocenters. The van der Waals surface area contributed by atoms with Crippen LogP contribution in [0.3, 0.4) is 0 Å². The van der Waals surface area contributed by atoms with Crippen LogP contribution in [-0.2, 0) is 11.3 Å². The van der Waals surface area contributed by atoms with E-state index in [-0.39, 0.29) is 15.0 Å². The van der Waals surface area contributed by atoms with Gasteiger partial charge in [-0.2, -0.15) is 0 Å². The molecule has 0 aliphatic heterocycles. The average Bonchev–Trinajstić information content (AvgIpc) is 3.00. The summed E-state index contributed by atoms with van der Waals surface area (Å²) in [4.78, 5) is 0. The van der Waals surface area contributed by atoms with E-state index in [0.717, 1.165) is 6.42 Å². The van der Waals surface area contributed by atoms with Crippen molar-refractivity contribution in [2.24, 2.45) is 0 Å². The zero-order valence-corrected chi connectivity index (χ0v) is 26.0. The molecule has 5 rings (SSSR count). The van der Waals surface area contributed by atoms with Crippen molar-refractivity contribution in [2.75, 3.05) is 6.61 Å². The molecule has 0 unspecified atom stereocenters. The Kier molecular flexibility index (Phi) is 9.69. The summed E-state index contributed by atoms with van der Waals surface area (Å²) in [5.41, 5.74) is 1.22. The van der Waals surface area contributed by atoms with Crippen molar-refractivity contribution in [3.63, 3.8) is 0 Å². The van der Waals surface area contributed by atoms with Gasteiger partial charge >= 0.3 is 239 Å². The number of ether oxygens (including phenoxy) is 1. The van der Waals surface area contributed by atoms with Crippen molar-refractivity contribution < 1.29 is 4.74 Å². The molecule has 0 spiro atoms. The Hall–Kier alpha value is -2.88. The van der Waals surface area contributed by atoms with Gasteiger partial charge in [0.2, 0.25) is 0 Å². The quantitative estimate of drug-likeness (QED) is 0.139. The van der Waals surface area contributed by atoms with Crippen molar-refractivity contribution in [1.29, 1.82) is 0 Å². The first-order valence-corrected chi connectivity index (χ1v) is 20.5. The monoisotopic (exact) mass is 668 g/mol. The molecular weight excluding hydrogens is 634 g/mol. The molecule has 0 amide bonds. The van der Waals surface area contributed by atoms with Crippen LogP contribution < -0.4 is 15.2 Å². The standard InChI is InChI=1S/C17H17OSe.3C6H5.Sn/c1-3-9-16(10-4-1)15-18-13-7-8-14-19-17-11-5-2-6-12-17;3*1-2-4-6-5-3-1;/h1-6,8-12H,7,13,15H2;3*1-5H;. The maximum atomic E-state index is 6.14. The van der Waals surface area contributed by atoms with E-state index in [2.05, 4.69) is 152 Å². The van der Waals surface area contributed by atoms with Gasteiger partial charge in [-0.15, -0.1) is 0 Å². The van der Waals surface area contributed by atoms with Crippen molar-refractivity contribution in [3.8, 4) is 0 Å². The second-order valence-corrected chi connectivity index (χ2v) is 24.6. The Bertz CT molecular complexity index is 1310. The molecule has 1 nitrogen and oxygen atoms in total. The van der Waals surface area contributed by atoms with Gasteiger partial charge in [0.05, 0.1) is 0 Å². The van der Waals surface area contributed by atoms with Crippen LogP contribution in [0.4, 0.5) is 0 Å². The zero-order chi connectivity index (χ0) is 25.9. The molecule has 0 bridgehead atoms. The van der Waals surface area contributed by atoms with Crippen LogP contribution in [0, 0.1) is 0 Å². The van der Waals surface area contributed by atoms with Gasteiger partial charge in [0.25, 0.3) is 0 Å². The van der Waals surface area contributed by atoms with Gasteiger partial charge in [-0.3, -0.25) is 0 Å². The van der Waals surface area contributed by atoms with Gasteiger partial charge in [-0.25, -0.2) is 0 Å². The first-order valence-electron chi connectivity index (χ1n) is 13.1. The molecule has 0 saturated carbocycles. The predicted octanol–water partition coefficient (Wildman–Crippen LogP) is 5.22. The third-order valence-electron chi connectivity index (χ3n) is 6.66. The summed E-state index contributed by atoms with van der Waals surface area (Å²) < 4.78 is 13.7. The molecule has 0 N–H and O–H groups in total. The van der Waals surface area contributed by atoms with E-state index in [4.69, 9.17) is 4.74 Å². The van der Waals surface area contributed by atoms with Crippen molar-refractivity contribution >= 4 is 48.5 Å². The van der Waals surface area contributed by atoms with Crippen LogP contribution >= 0.6 is 0 Å². The Labute approximate surface area is 237 Å². The average molecular weight is 666 g/mol. The molecule has 0 saturated heterocycles. The van der Waals surface area contributed by atoms with Gasteiger partial charge in [0.15, 0.2) is 0 Å². The van der Waals surface area contributed by atoms with E-state index in [1.54, 1.807) is 2.49 Å². The first-order chi connectivity index (χ1) is 18.9. The molecule has 0 aromatic heterocycles. The Morgan fingerprint density at radius 3 is 1.45 bits per heavy atom. The summed E-state index contributed by atoms with van der Waals surface area (Å²) in [6, 6.07) is 55.4. The summed E-state index contributed by atoms with van der Waals surface area (Å²) in [7, 11) is 0. The van der Waals surface area contributed by atoms with E-state index in [0.29, 0.717) is 13.2 Å². The molecular formula is C35H32OSeSn. The Balaban J connectivity index is 1.60. The second kappa shape index (κ2) is 13.8. The maximum absolute atomic E-state index is 6.14. The minimum atomic E-state index is -3.61. The van der Waals surface area contributed by atoms with Crippen molar-refractivity contribution in [1.82, 2.24) is 0 Å². The van der Waals surface area contributed by atoms with Crippen LogP contribution in [-0.4, -0.2) is 39.9 Å².